The third-order valence-electron chi connectivity index (χ3n) is 5.59. The van der Waals surface area contributed by atoms with Crippen LogP contribution < -0.4 is 10.6 Å². The maximum Gasteiger partial charge on any atom is 0.325 e. The number of benzene rings is 2. The molecule has 0 atom stereocenters. The van der Waals surface area contributed by atoms with Gasteiger partial charge in [0.25, 0.3) is 5.91 Å². The monoisotopic (exact) mass is 419 g/mol. The van der Waals surface area contributed by atoms with Gasteiger partial charge in [-0.15, -0.1) is 0 Å². The number of amides is 1. The molecular formula is C24H25N3O4. The van der Waals surface area contributed by atoms with Gasteiger partial charge in [-0.3, -0.25) is 19.0 Å². The van der Waals surface area contributed by atoms with Crippen LogP contribution in [-0.2, 0) is 22.4 Å². The van der Waals surface area contributed by atoms with E-state index in [1.165, 1.54) is 7.11 Å². The topological polar surface area (TPSA) is 89.4 Å². The number of esters is 1. The Morgan fingerprint density at radius 3 is 2.77 bits per heavy atom. The average Bonchev–Trinajstić information content (AvgIpc) is 3.12. The Labute approximate surface area is 180 Å². The highest BCUT2D eigenvalue weighted by Crippen LogP contribution is 2.31. The van der Waals surface area contributed by atoms with Crippen LogP contribution in [0.2, 0.25) is 0 Å². The number of nitrogens with one attached hydrogen (secondary N) is 2. The summed E-state index contributed by atoms with van der Waals surface area (Å²) in [5.41, 5.74) is 4.34. The summed E-state index contributed by atoms with van der Waals surface area (Å²) in [6.45, 7) is 0.501. The van der Waals surface area contributed by atoms with Gasteiger partial charge in [-0.2, -0.15) is 0 Å². The number of hydrogen-bond acceptors (Lipinski definition) is 5. The average molecular weight is 419 g/mol. The molecule has 3 aromatic rings. The second kappa shape index (κ2) is 9.04. The largest absolute Gasteiger partial charge is 0.468 e. The number of para-hydroxylation sites is 1. The van der Waals surface area contributed by atoms with E-state index in [9.17, 15) is 14.4 Å². The van der Waals surface area contributed by atoms with E-state index < -0.39 is 0 Å². The maximum atomic E-state index is 12.6. The van der Waals surface area contributed by atoms with Crippen molar-refractivity contribution in [1.82, 2.24) is 9.88 Å². The lowest BCUT2D eigenvalue weighted by atomic mass is 10.0. The molecule has 2 N–H and O–H groups in total. The number of ether oxygens (including phenoxy) is 1. The lowest BCUT2D eigenvalue weighted by molar-refractivity contribution is -0.138. The van der Waals surface area contributed by atoms with Crippen molar-refractivity contribution in [2.75, 3.05) is 25.5 Å². The van der Waals surface area contributed by atoms with Crippen LogP contribution in [0, 0.1) is 0 Å². The second-order valence-corrected chi connectivity index (χ2v) is 7.54. The van der Waals surface area contributed by atoms with Crippen molar-refractivity contribution >= 4 is 34.4 Å². The quantitative estimate of drug-likeness (QED) is 0.574. The van der Waals surface area contributed by atoms with Gasteiger partial charge in [0.05, 0.1) is 12.6 Å². The van der Waals surface area contributed by atoms with Gasteiger partial charge >= 0.3 is 5.97 Å². The first kappa shape index (κ1) is 20.7. The molecule has 0 saturated carbocycles. The van der Waals surface area contributed by atoms with E-state index in [2.05, 4.69) is 15.4 Å². The summed E-state index contributed by atoms with van der Waals surface area (Å²) in [5, 5.41) is 6.99. The molecule has 7 nitrogen and oxygen atoms in total. The number of anilines is 1. The molecule has 0 aliphatic carbocycles. The number of nitrogens with zero attached hydrogens (tertiary/aromatic N) is 1. The van der Waals surface area contributed by atoms with Crippen LogP contribution in [0.15, 0.2) is 48.5 Å². The molecule has 4 rings (SSSR count). The van der Waals surface area contributed by atoms with Crippen LogP contribution in [0.4, 0.5) is 5.69 Å². The van der Waals surface area contributed by atoms with Crippen LogP contribution in [0.5, 0.6) is 0 Å². The Balaban J connectivity index is 1.45. The first-order valence-corrected chi connectivity index (χ1v) is 10.4. The van der Waals surface area contributed by atoms with Crippen LogP contribution >= 0.6 is 0 Å². The highest BCUT2D eigenvalue weighted by atomic mass is 16.5. The van der Waals surface area contributed by atoms with Gasteiger partial charge in [0, 0.05) is 35.3 Å². The fourth-order valence-corrected chi connectivity index (χ4v) is 4.12. The second-order valence-electron chi connectivity index (χ2n) is 7.54. The molecule has 1 aliphatic rings. The van der Waals surface area contributed by atoms with E-state index >= 15 is 0 Å². The summed E-state index contributed by atoms with van der Waals surface area (Å²) in [6, 6.07) is 14.9. The Hall–Kier alpha value is -3.61. The molecule has 2 aromatic carbocycles. The first-order chi connectivity index (χ1) is 15.1. The van der Waals surface area contributed by atoms with Gasteiger partial charge in [-0.05, 0) is 49.1 Å². The molecule has 160 valence electrons. The van der Waals surface area contributed by atoms with Crippen LogP contribution in [0.25, 0.3) is 10.9 Å². The number of carbonyl (C=O) groups excluding carboxylic acids is 3. The number of methoxy groups -OCH3 is 1. The Morgan fingerprint density at radius 2 is 1.94 bits per heavy atom. The molecule has 0 unspecified atom stereocenters. The van der Waals surface area contributed by atoms with Gasteiger partial charge in [0.15, 0.2) is 0 Å². The van der Waals surface area contributed by atoms with Gasteiger partial charge < -0.3 is 15.4 Å². The molecule has 0 bridgehead atoms. The van der Waals surface area contributed by atoms with Crippen molar-refractivity contribution < 1.29 is 19.1 Å². The minimum atomic E-state index is -0.378. The number of fused-ring (bicyclic) bond motifs is 3. The van der Waals surface area contributed by atoms with E-state index in [0.717, 1.165) is 35.0 Å². The molecule has 0 radical (unpaired) electrons. The molecule has 1 aromatic heterocycles. The zero-order valence-corrected chi connectivity index (χ0v) is 17.4. The van der Waals surface area contributed by atoms with Gasteiger partial charge in [-0.25, -0.2) is 0 Å². The minimum absolute atomic E-state index is 0.0349. The number of aromatic nitrogens is 1. The van der Waals surface area contributed by atoms with Crippen LogP contribution in [-0.4, -0.2) is 42.6 Å². The highest BCUT2D eigenvalue weighted by molar-refractivity contribution is 5.97. The van der Waals surface area contributed by atoms with Crippen molar-refractivity contribution in [2.45, 2.75) is 25.7 Å². The highest BCUT2D eigenvalue weighted by Gasteiger charge is 2.24. The van der Waals surface area contributed by atoms with Crippen LogP contribution in [0.3, 0.4) is 0 Å². The third kappa shape index (κ3) is 4.30. The molecule has 2 heterocycles. The predicted molar refractivity (Wildman–Crippen MR) is 118 cm³/mol. The molecule has 1 aliphatic heterocycles. The molecule has 31 heavy (non-hydrogen) atoms. The van der Waals surface area contributed by atoms with Crippen molar-refractivity contribution in [3.8, 4) is 0 Å². The van der Waals surface area contributed by atoms with E-state index in [-0.39, 0.29) is 24.3 Å². The van der Waals surface area contributed by atoms with Crippen molar-refractivity contribution in [3.63, 3.8) is 0 Å². The van der Waals surface area contributed by atoms with E-state index in [1.807, 2.05) is 28.8 Å². The van der Waals surface area contributed by atoms with Crippen molar-refractivity contribution in [2.24, 2.45) is 0 Å². The molecule has 0 fully saturated rings. The standard InChI is InChI=1S/C24H25N3O4/c1-31-23(29)15-26-17-7-4-6-16(14-17)24(30)25-13-12-19-18-8-2-3-9-20(18)27-21(19)10-5-11-22(27)28/h2-4,6-9,14,26H,5,10-13,15H2,1H3,(H,25,30). The Bertz CT molecular complexity index is 1150. The zero-order valence-electron chi connectivity index (χ0n) is 17.4. The maximum absolute atomic E-state index is 12.6. The fraction of sp³-hybridized carbons (Fsp3) is 0.292. The van der Waals surface area contributed by atoms with E-state index in [4.69, 9.17) is 0 Å². The molecule has 1 amide bonds. The van der Waals surface area contributed by atoms with Gasteiger partial charge in [-0.1, -0.05) is 24.3 Å². The summed E-state index contributed by atoms with van der Waals surface area (Å²) in [4.78, 5) is 36.4. The number of rotatable bonds is 7. The summed E-state index contributed by atoms with van der Waals surface area (Å²) in [5.74, 6) is -0.421. The van der Waals surface area contributed by atoms with Crippen LogP contribution in [0.1, 0.15) is 39.3 Å². The summed E-state index contributed by atoms with van der Waals surface area (Å²) >= 11 is 0. The Morgan fingerprint density at radius 1 is 1.10 bits per heavy atom. The first-order valence-electron chi connectivity index (χ1n) is 10.4. The SMILES string of the molecule is COC(=O)CNc1cccc(C(=O)NCCc2c3n(c4ccccc24)C(=O)CCC3)c1. The van der Waals surface area contributed by atoms with Gasteiger partial charge in [0.1, 0.15) is 6.54 Å². The fourth-order valence-electron chi connectivity index (χ4n) is 4.12. The third-order valence-corrected chi connectivity index (χ3v) is 5.59. The normalized spacial score (nSPS) is 13.0. The number of hydrogen-bond donors (Lipinski definition) is 2. The molecule has 0 spiro atoms. The summed E-state index contributed by atoms with van der Waals surface area (Å²) in [6.07, 6.45) is 2.96. The number of carbonyl (C=O) groups is 3. The molecular weight excluding hydrogens is 394 g/mol. The van der Waals surface area contributed by atoms with E-state index in [0.29, 0.717) is 30.6 Å². The van der Waals surface area contributed by atoms with Gasteiger partial charge in [0.2, 0.25) is 5.91 Å². The smallest absolute Gasteiger partial charge is 0.325 e. The summed E-state index contributed by atoms with van der Waals surface area (Å²) < 4.78 is 6.46. The molecule has 7 heteroatoms. The van der Waals surface area contributed by atoms with Crippen molar-refractivity contribution in [3.05, 3.63) is 65.4 Å². The zero-order chi connectivity index (χ0) is 21.8. The lowest BCUT2D eigenvalue weighted by Gasteiger charge is -2.16. The van der Waals surface area contributed by atoms with E-state index in [1.54, 1.807) is 24.3 Å². The predicted octanol–water partition coefficient (Wildman–Crippen LogP) is 3.18. The Kier molecular flexibility index (Phi) is 6.02. The lowest BCUT2D eigenvalue weighted by Crippen LogP contribution is -2.26. The summed E-state index contributed by atoms with van der Waals surface area (Å²) in [7, 11) is 1.33. The minimum Gasteiger partial charge on any atom is -0.468 e. The molecule has 0 saturated heterocycles. The van der Waals surface area contributed by atoms with Crippen molar-refractivity contribution in [1.29, 1.82) is 0 Å².